The summed E-state index contributed by atoms with van der Waals surface area (Å²) in [4.78, 5) is 0.311. The van der Waals surface area contributed by atoms with Crippen molar-refractivity contribution in [2.24, 2.45) is 0 Å². The van der Waals surface area contributed by atoms with Gasteiger partial charge in [-0.2, -0.15) is 0 Å². The molecule has 1 atom stereocenters. The molecule has 0 aromatic heterocycles. The molecule has 15 heavy (non-hydrogen) atoms. The van der Waals surface area contributed by atoms with Gasteiger partial charge in [0.05, 0.1) is 4.90 Å². The van der Waals surface area contributed by atoms with Gasteiger partial charge in [-0.25, -0.2) is 13.1 Å². The fourth-order valence-corrected chi connectivity index (χ4v) is 2.56. The minimum absolute atomic E-state index is 0.311. The maximum Gasteiger partial charge on any atom is 0.240 e. The molecule has 0 fully saturated rings. The molecule has 0 aliphatic carbocycles. The topological polar surface area (TPSA) is 58.2 Å². The smallest absolute Gasteiger partial charge is 0.240 e. The van der Waals surface area contributed by atoms with E-state index < -0.39 is 10.0 Å². The third-order valence-corrected chi connectivity index (χ3v) is 4.00. The van der Waals surface area contributed by atoms with Crippen molar-refractivity contribution in [3.05, 3.63) is 23.8 Å². The molecule has 1 aliphatic rings. The second-order valence-electron chi connectivity index (χ2n) is 3.78. The van der Waals surface area contributed by atoms with Crippen LogP contribution < -0.4 is 10.0 Å². The molecule has 1 aliphatic heterocycles. The lowest BCUT2D eigenvalue weighted by atomic mass is 10.1. The van der Waals surface area contributed by atoms with Gasteiger partial charge >= 0.3 is 0 Å². The van der Waals surface area contributed by atoms with Gasteiger partial charge in [0.1, 0.15) is 0 Å². The van der Waals surface area contributed by atoms with Gasteiger partial charge in [0.2, 0.25) is 10.0 Å². The lowest BCUT2D eigenvalue weighted by Gasteiger charge is -2.05. The number of rotatable bonds is 2. The Labute approximate surface area is 89.7 Å². The molecular formula is C10H14N2O2S. The van der Waals surface area contributed by atoms with Crippen LogP contribution in [0.2, 0.25) is 0 Å². The van der Waals surface area contributed by atoms with Crippen molar-refractivity contribution in [3.63, 3.8) is 0 Å². The molecule has 2 N–H and O–H groups in total. The molecule has 4 nitrogen and oxygen atoms in total. The Bertz CT molecular complexity index is 482. The molecule has 0 radical (unpaired) electrons. The van der Waals surface area contributed by atoms with E-state index >= 15 is 0 Å². The van der Waals surface area contributed by atoms with E-state index in [0.29, 0.717) is 10.9 Å². The summed E-state index contributed by atoms with van der Waals surface area (Å²) in [6.07, 6.45) is 0.954. The van der Waals surface area contributed by atoms with Crippen LogP contribution in [0.1, 0.15) is 12.5 Å². The van der Waals surface area contributed by atoms with E-state index in [1.807, 2.05) is 6.07 Å². The normalized spacial score (nSPS) is 19.7. The molecule has 1 aromatic rings. The number of hydrogen-bond acceptors (Lipinski definition) is 3. The predicted molar refractivity (Wildman–Crippen MR) is 59.5 cm³/mol. The van der Waals surface area contributed by atoms with Crippen LogP contribution in [-0.4, -0.2) is 21.5 Å². The van der Waals surface area contributed by atoms with Crippen LogP contribution in [0.3, 0.4) is 0 Å². The number of sulfonamides is 1. The number of hydrogen-bond donors (Lipinski definition) is 2. The average Bonchev–Trinajstić information content (AvgIpc) is 2.56. The van der Waals surface area contributed by atoms with Gasteiger partial charge in [0.15, 0.2) is 0 Å². The highest BCUT2D eigenvalue weighted by Crippen LogP contribution is 2.28. The van der Waals surface area contributed by atoms with Crippen LogP contribution in [0.25, 0.3) is 0 Å². The van der Waals surface area contributed by atoms with Crippen molar-refractivity contribution in [2.75, 3.05) is 12.4 Å². The summed E-state index contributed by atoms with van der Waals surface area (Å²) in [5.41, 5.74) is 2.11. The zero-order valence-electron chi connectivity index (χ0n) is 8.74. The number of nitrogens with one attached hydrogen (secondary N) is 2. The van der Waals surface area contributed by atoms with E-state index in [-0.39, 0.29) is 0 Å². The van der Waals surface area contributed by atoms with Crippen molar-refractivity contribution < 1.29 is 8.42 Å². The molecule has 0 saturated carbocycles. The van der Waals surface area contributed by atoms with Gasteiger partial charge in [-0.3, -0.25) is 0 Å². The van der Waals surface area contributed by atoms with Gasteiger partial charge < -0.3 is 5.32 Å². The van der Waals surface area contributed by atoms with Crippen LogP contribution >= 0.6 is 0 Å². The molecule has 0 spiro atoms. The third-order valence-electron chi connectivity index (χ3n) is 2.59. The summed E-state index contributed by atoms with van der Waals surface area (Å²) in [5, 5.41) is 3.24. The van der Waals surface area contributed by atoms with E-state index in [2.05, 4.69) is 17.0 Å². The number of benzene rings is 1. The molecular weight excluding hydrogens is 212 g/mol. The van der Waals surface area contributed by atoms with E-state index in [9.17, 15) is 8.42 Å². The van der Waals surface area contributed by atoms with Gasteiger partial charge in [-0.1, -0.05) is 6.07 Å². The first-order valence-corrected chi connectivity index (χ1v) is 6.34. The van der Waals surface area contributed by atoms with Crippen molar-refractivity contribution >= 4 is 15.7 Å². The minimum Gasteiger partial charge on any atom is -0.382 e. The summed E-state index contributed by atoms with van der Waals surface area (Å²) >= 11 is 0. The quantitative estimate of drug-likeness (QED) is 0.789. The minimum atomic E-state index is -3.33. The molecule has 2 rings (SSSR count). The summed E-state index contributed by atoms with van der Waals surface area (Å²) in [6.45, 7) is 2.08. The summed E-state index contributed by atoms with van der Waals surface area (Å²) < 4.78 is 25.4. The Hall–Kier alpha value is -1.07. The van der Waals surface area contributed by atoms with Crippen molar-refractivity contribution in [1.82, 2.24) is 4.72 Å². The molecule has 1 unspecified atom stereocenters. The standard InChI is InChI=1S/C10H14N2O2S/c1-7-5-8-3-4-9(6-10(8)12-7)15(13,14)11-2/h3-4,6-7,11-12H,5H2,1-2H3. The van der Waals surface area contributed by atoms with Crippen LogP contribution in [0.4, 0.5) is 5.69 Å². The lowest BCUT2D eigenvalue weighted by molar-refractivity contribution is 0.588. The molecule has 0 amide bonds. The van der Waals surface area contributed by atoms with E-state index in [0.717, 1.165) is 12.1 Å². The monoisotopic (exact) mass is 226 g/mol. The Morgan fingerprint density at radius 1 is 1.47 bits per heavy atom. The van der Waals surface area contributed by atoms with Crippen LogP contribution in [0, 0.1) is 0 Å². The molecule has 5 heteroatoms. The highest BCUT2D eigenvalue weighted by atomic mass is 32.2. The highest BCUT2D eigenvalue weighted by Gasteiger charge is 2.19. The van der Waals surface area contributed by atoms with Crippen LogP contribution in [-0.2, 0) is 16.4 Å². The van der Waals surface area contributed by atoms with Gasteiger partial charge in [-0.05, 0) is 38.1 Å². The van der Waals surface area contributed by atoms with E-state index in [4.69, 9.17) is 0 Å². The Morgan fingerprint density at radius 2 is 2.20 bits per heavy atom. The fraction of sp³-hybridized carbons (Fsp3) is 0.400. The van der Waals surface area contributed by atoms with Crippen molar-refractivity contribution in [2.45, 2.75) is 24.3 Å². The zero-order chi connectivity index (χ0) is 11.1. The largest absolute Gasteiger partial charge is 0.382 e. The second-order valence-corrected chi connectivity index (χ2v) is 5.66. The summed E-state index contributed by atoms with van der Waals surface area (Å²) in [6, 6.07) is 5.58. The van der Waals surface area contributed by atoms with Gasteiger partial charge in [-0.15, -0.1) is 0 Å². The zero-order valence-corrected chi connectivity index (χ0v) is 9.56. The molecule has 82 valence electrons. The first-order valence-electron chi connectivity index (χ1n) is 4.86. The first kappa shape index (κ1) is 10.4. The average molecular weight is 226 g/mol. The van der Waals surface area contributed by atoms with E-state index in [1.165, 1.54) is 12.6 Å². The number of anilines is 1. The maximum absolute atomic E-state index is 11.5. The Balaban J connectivity index is 2.44. The number of fused-ring (bicyclic) bond motifs is 1. The third kappa shape index (κ3) is 1.85. The molecule has 1 heterocycles. The van der Waals surface area contributed by atoms with Crippen molar-refractivity contribution in [1.29, 1.82) is 0 Å². The predicted octanol–water partition coefficient (Wildman–Crippen LogP) is 0.951. The van der Waals surface area contributed by atoms with Gasteiger partial charge in [0, 0.05) is 11.7 Å². The molecule has 0 saturated heterocycles. The SMILES string of the molecule is CNS(=O)(=O)c1ccc2c(c1)NC(C)C2. The summed E-state index contributed by atoms with van der Waals surface area (Å²) in [7, 11) is -1.91. The molecule has 1 aromatic carbocycles. The molecule has 0 bridgehead atoms. The lowest BCUT2D eigenvalue weighted by Crippen LogP contribution is -2.18. The van der Waals surface area contributed by atoms with Crippen LogP contribution in [0.15, 0.2) is 23.1 Å². The Morgan fingerprint density at radius 3 is 2.87 bits per heavy atom. The fourth-order valence-electron chi connectivity index (χ4n) is 1.80. The second kappa shape index (κ2) is 3.50. The Kier molecular flexibility index (Phi) is 2.44. The first-order chi connectivity index (χ1) is 7.03. The van der Waals surface area contributed by atoms with E-state index in [1.54, 1.807) is 12.1 Å². The van der Waals surface area contributed by atoms with Crippen molar-refractivity contribution in [3.8, 4) is 0 Å². The maximum atomic E-state index is 11.5. The van der Waals surface area contributed by atoms with Crippen LogP contribution in [0.5, 0.6) is 0 Å². The highest BCUT2D eigenvalue weighted by molar-refractivity contribution is 7.89. The summed E-state index contributed by atoms with van der Waals surface area (Å²) in [5.74, 6) is 0. The van der Waals surface area contributed by atoms with Gasteiger partial charge in [0.25, 0.3) is 0 Å².